The first-order valence-corrected chi connectivity index (χ1v) is 4.39. The van der Waals surface area contributed by atoms with Gasteiger partial charge < -0.3 is 0 Å². The van der Waals surface area contributed by atoms with Gasteiger partial charge in [0.2, 0.25) is 5.91 Å². The molecule has 1 atom stereocenters. The van der Waals surface area contributed by atoms with E-state index in [1.165, 1.54) is 4.31 Å². The van der Waals surface area contributed by atoms with Crippen LogP contribution in [0.5, 0.6) is 0 Å². The van der Waals surface area contributed by atoms with Crippen LogP contribution in [0.2, 0.25) is 0 Å². The van der Waals surface area contributed by atoms with E-state index < -0.39 is 16.4 Å². The fraction of sp³-hybridized carbons (Fsp3) is 0.833. The van der Waals surface area contributed by atoms with Gasteiger partial charge in [-0.1, -0.05) is 13.8 Å². The Hall–Kier alpha value is -0.380. The van der Waals surface area contributed by atoms with Crippen LogP contribution in [0.3, 0.4) is 0 Å². The Morgan fingerprint density at radius 1 is 1.60 bits per heavy atom. The van der Waals surface area contributed by atoms with Crippen molar-refractivity contribution < 1.29 is 9.00 Å². The highest BCUT2D eigenvalue weighted by molar-refractivity contribution is 7.83. The van der Waals surface area contributed by atoms with Crippen LogP contribution >= 0.6 is 0 Å². The lowest BCUT2D eigenvalue weighted by Gasteiger charge is -2.11. The van der Waals surface area contributed by atoms with Gasteiger partial charge in [-0.25, -0.2) is 4.21 Å². The summed E-state index contributed by atoms with van der Waals surface area (Å²) in [5.41, 5.74) is -0.417. The zero-order valence-corrected chi connectivity index (χ0v) is 7.20. The Labute approximate surface area is 63.0 Å². The summed E-state index contributed by atoms with van der Waals surface area (Å²) < 4.78 is 12.3. The van der Waals surface area contributed by atoms with Gasteiger partial charge in [0, 0.05) is 7.05 Å². The molecule has 4 heteroatoms. The standard InChI is InChI=1S/C6H11NO2S/c1-6(2)4-10(9)7(3)5(6)8/h4H2,1-3H3. The van der Waals surface area contributed by atoms with E-state index in [0.29, 0.717) is 5.75 Å². The van der Waals surface area contributed by atoms with Crippen molar-refractivity contribution in [2.24, 2.45) is 5.41 Å². The summed E-state index contributed by atoms with van der Waals surface area (Å²) in [6.45, 7) is 3.63. The average molecular weight is 161 g/mol. The Balaban J connectivity index is 2.92. The second kappa shape index (κ2) is 2.05. The molecule has 0 N–H and O–H groups in total. The summed E-state index contributed by atoms with van der Waals surface area (Å²) >= 11 is 0. The highest BCUT2D eigenvalue weighted by Gasteiger charge is 2.41. The minimum absolute atomic E-state index is 0.0224. The average Bonchev–Trinajstić information content (AvgIpc) is 1.95. The number of carbonyl (C=O) groups excluding carboxylic acids is 1. The van der Waals surface area contributed by atoms with E-state index in [4.69, 9.17) is 0 Å². The molecule has 1 aliphatic heterocycles. The molecule has 1 heterocycles. The Morgan fingerprint density at radius 2 is 2.10 bits per heavy atom. The molecule has 1 fully saturated rings. The van der Waals surface area contributed by atoms with Crippen LogP contribution in [-0.4, -0.2) is 27.2 Å². The third-order valence-electron chi connectivity index (χ3n) is 1.65. The van der Waals surface area contributed by atoms with Gasteiger partial charge in [0.1, 0.15) is 11.0 Å². The maximum absolute atomic E-state index is 11.2. The minimum atomic E-state index is -1.08. The zero-order valence-electron chi connectivity index (χ0n) is 6.38. The molecule has 1 amide bonds. The van der Waals surface area contributed by atoms with E-state index in [-0.39, 0.29) is 5.91 Å². The van der Waals surface area contributed by atoms with Crippen molar-refractivity contribution in [2.45, 2.75) is 13.8 Å². The lowest BCUT2D eigenvalue weighted by atomic mass is 9.96. The van der Waals surface area contributed by atoms with Crippen LogP contribution < -0.4 is 0 Å². The van der Waals surface area contributed by atoms with Crippen molar-refractivity contribution >= 4 is 16.9 Å². The summed E-state index contributed by atoms with van der Waals surface area (Å²) in [6.07, 6.45) is 0. The number of carbonyl (C=O) groups is 1. The van der Waals surface area contributed by atoms with E-state index in [2.05, 4.69) is 0 Å². The molecule has 1 saturated heterocycles. The van der Waals surface area contributed by atoms with Crippen LogP contribution in [0.1, 0.15) is 13.8 Å². The molecular formula is C6H11NO2S. The molecule has 1 aliphatic rings. The van der Waals surface area contributed by atoms with Crippen LogP contribution in [0, 0.1) is 5.41 Å². The molecule has 58 valence electrons. The molecule has 0 bridgehead atoms. The second-order valence-corrected chi connectivity index (χ2v) is 4.63. The first-order valence-electron chi connectivity index (χ1n) is 3.12. The van der Waals surface area contributed by atoms with Gasteiger partial charge in [-0.2, -0.15) is 0 Å². The highest BCUT2D eigenvalue weighted by Crippen LogP contribution is 2.27. The minimum Gasteiger partial charge on any atom is -0.273 e. The van der Waals surface area contributed by atoms with Crippen molar-refractivity contribution in [3.63, 3.8) is 0 Å². The van der Waals surface area contributed by atoms with Crippen molar-refractivity contribution in [3.8, 4) is 0 Å². The quantitative estimate of drug-likeness (QED) is 0.507. The van der Waals surface area contributed by atoms with Gasteiger partial charge in [-0.15, -0.1) is 0 Å². The van der Waals surface area contributed by atoms with E-state index in [1.807, 2.05) is 13.8 Å². The molecule has 0 spiro atoms. The summed E-state index contributed by atoms with van der Waals surface area (Å²) in [6, 6.07) is 0. The molecule has 0 saturated carbocycles. The highest BCUT2D eigenvalue weighted by atomic mass is 32.2. The summed E-state index contributed by atoms with van der Waals surface area (Å²) in [5.74, 6) is 0.438. The number of nitrogens with zero attached hydrogens (tertiary/aromatic N) is 1. The predicted octanol–water partition coefficient (Wildman–Crippen LogP) is 0.148. The van der Waals surface area contributed by atoms with Gasteiger partial charge in [0.05, 0.1) is 11.2 Å². The topological polar surface area (TPSA) is 37.4 Å². The smallest absolute Gasteiger partial charge is 0.240 e. The van der Waals surface area contributed by atoms with Crippen LogP contribution in [-0.2, 0) is 15.8 Å². The third kappa shape index (κ3) is 0.963. The summed E-state index contributed by atoms with van der Waals surface area (Å²) in [7, 11) is 0.493. The molecular weight excluding hydrogens is 150 g/mol. The molecule has 0 aromatic heterocycles. The van der Waals surface area contributed by atoms with Crippen molar-refractivity contribution in [3.05, 3.63) is 0 Å². The Morgan fingerprint density at radius 3 is 2.20 bits per heavy atom. The molecule has 0 aliphatic carbocycles. The lowest BCUT2D eigenvalue weighted by Crippen LogP contribution is -2.28. The van der Waals surface area contributed by atoms with E-state index in [0.717, 1.165) is 0 Å². The lowest BCUT2D eigenvalue weighted by molar-refractivity contribution is -0.131. The molecule has 0 aromatic rings. The maximum atomic E-state index is 11.2. The predicted molar refractivity (Wildman–Crippen MR) is 39.6 cm³/mol. The third-order valence-corrected chi connectivity index (χ3v) is 3.40. The van der Waals surface area contributed by atoms with Crippen molar-refractivity contribution in [1.29, 1.82) is 0 Å². The van der Waals surface area contributed by atoms with Crippen LogP contribution in [0.4, 0.5) is 0 Å². The fourth-order valence-electron chi connectivity index (χ4n) is 0.986. The molecule has 10 heavy (non-hydrogen) atoms. The normalized spacial score (nSPS) is 31.3. The van der Waals surface area contributed by atoms with Gasteiger partial charge >= 0.3 is 0 Å². The van der Waals surface area contributed by atoms with Crippen molar-refractivity contribution in [1.82, 2.24) is 4.31 Å². The number of rotatable bonds is 0. The SMILES string of the molecule is CN1C(=O)C(C)(C)CS1=O. The molecule has 0 aromatic carbocycles. The van der Waals surface area contributed by atoms with E-state index >= 15 is 0 Å². The van der Waals surface area contributed by atoms with Gasteiger partial charge in [0.25, 0.3) is 0 Å². The Bertz CT molecular complexity index is 200. The molecule has 0 radical (unpaired) electrons. The van der Waals surface area contributed by atoms with Crippen molar-refractivity contribution in [2.75, 3.05) is 12.8 Å². The first kappa shape index (κ1) is 7.72. The fourth-order valence-corrected chi connectivity index (χ4v) is 2.35. The monoisotopic (exact) mass is 161 g/mol. The number of hydrogen-bond donors (Lipinski definition) is 0. The molecule has 1 unspecified atom stereocenters. The molecule has 1 rings (SSSR count). The molecule has 3 nitrogen and oxygen atoms in total. The Kier molecular flexibility index (Phi) is 1.58. The van der Waals surface area contributed by atoms with Crippen LogP contribution in [0.25, 0.3) is 0 Å². The first-order chi connectivity index (χ1) is 4.45. The van der Waals surface area contributed by atoms with Gasteiger partial charge in [0.15, 0.2) is 0 Å². The van der Waals surface area contributed by atoms with Crippen LogP contribution in [0.15, 0.2) is 0 Å². The number of amides is 1. The van der Waals surface area contributed by atoms with Gasteiger partial charge in [-0.3, -0.25) is 9.10 Å². The summed E-state index contributed by atoms with van der Waals surface area (Å²) in [4.78, 5) is 11.2. The largest absolute Gasteiger partial charge is 0.273 e. The second-order valence-electron chi connectivity index (χ2n) is 3.15. The number of hydrogen-bond acceptors (Lipinski definition) is 2. The van der Waals surface area contributed by atoms with E-state index in [1.54, 1.807) is 7.05 Å². The van der Waals surface area contributed by atoms with E-state index in [9.17, 15) is 9.00 Å². The maximum Gasteiger partial charge on any atom is 0.240 e. The zero-order chi connectivity index (χ0) is 7.94. The van der Waals surface area contributed by atoms with Gasteiger partial charge in [-0.05, 0) is 0 Å². The summed E-state index contributed by atoms with van der Waals surface area (Å²) in [5, 5.41) is 0.